The normalized spacial score (nSPS) is 18.6. The van der Waals surface area contributed by atoms with Crippen LogP contribution in [0.2, 0.25) is 0 Å². The Bertz CT molecular complexity index is 684. The molecule has 1 saturated heterocycles. The second-order valence-electron chi connectivity index (χ2n) is 5.58. The molecule has 0 aliphatic carbocycles. The number of rotatable bonds is 3. The average molecular weight is 339 g/mol. The molecule has 1 aromatic carbocycles. The summed E-state index contributed by atoms with van der Waals surface area (Å²) >= 11 is 0. The van der Waals surface area contributed by atoms with Crippen molar-refractivity contribution in [3.05, 3.63) is 53.3 Å². The number of aromatic nitrogens is 2. The summed E-state index contributed by atoms with van der Waals surface area (Å²) in [7, 11) is 0. The Labute approximate surface area is 136 Å². The molecule has 0 spiro atoms. The van der Waals surface area contributed by atoms with Crippen LogP contribution >= 0.6 is 0 Å². The minimum Gasteiger partial charge on any atom is -0.370 e. The Morgan fingerprint density at radius 1 is 1.29 bits per heavy atom. The van der Waals surface area contributed by atoms with Gasteiger partial charge in [-0.1, -0.05) is 12.1 Å². The lowest BCUT2D eigenvalue weighted by atomic mass is 10.0. The van der Waals surface area contributed by atoms with Gasteiger partial charge in [-0.2, -0.15) is 18.3 Å². The summed E-state index contributed by atoms with van der Waals surface area (Å²) in [5, 5.41) is 6.53. The highest BCUT2D eigenvalue weighted by Crippen LogP contribution is 2.31. The van der Waals surface area contributed by atoms with Crippen LogP contribution < -0.4 is 0 Å². The number of ether oxygens (including phenoxy) is 1. The zero-order chi connectivity index (χ0) is 17.2. The van der Waals surface area contributed by atoms with E-state index in [1.807, 2.05) is 0 Å². The molecule has 8 heteroatoms. The van der Waals surface area contributed by atoms with Crippen molar-refractivity contribution in [1.29, 1.82) is 0 Å². The van der Waals surface area contributed by atoms with Gasteiger partial charge in [0.25, 0.3) is 0 Å². The Balaban J connectivity index is 1.65. The van der Waals surface area contributed by atoms with Crippen molar-refractivity contribution in [2.75, 3.05) is 19.7 Å². The third kappa shape index (κ3) is 3.76. The summed E-state index contributed by atoms with van der Waals surface area (Å²) in [6.45, 7) is 1.13. The Hall–Kier alpha value is -2.35. The summed E-state index contributed by atoms with van der Waals surface area (Å²) in [5.41, 5.74) is 0.647. The number of carbonyl (C=O) groups excluding carboxylic acids is 1. The molecule has 0 bridgehead atoms. The first-order chi connectivity index (χ1) is 11.4. The highest BCUT2D eigenvalue weighted by Gasteiger charge is 2.31. The predicted molar refractivity (Wildman–Crippen MR) is 79.0 cm³/mol. The van der Waals surface area contributed by atoms with Crippen molar-refractivity contribution in [2.45, 2.75) is 18.7 Å². The molecular weight excluding hydrogens is 323 g/mol. The van der Waals surface area contributed by atoms with Gasteiger partial charge < -0.3 is 9.64 Å². The van der Waals surface area contributed by atoms with E-state index in [0.717, 1.165) is 17.8 Å². The summed E-state index contributed by atoms with van der Waals surface area (Å²) in [5.74, 6) is -0.0699. The number of aromatic amines is 1. The second-order valence-corrected chi connectivity index (χ2v) is 5.58. The maximum Gasteiger partial charge on any atom is 0.416 e. The third-order valence-corrected chi connectivity index (χ3v) is 3.93. The number of alkyl halides is 3. The van der Waals surface area contributed by atoms with Gasteiger partial charge in [0.05, 0.1) is 25.1 Å². The number of morpholine rings is 1. The zero-order valence-electron chi connectivity index (χ0n) is 12.7. The summed E-state index contributed by atoms with van der Waals surface area (Å²) in [6.07, 6.45) is -3.00. The summed E-state index contributed by atoms with van der Waals surface area (Å²) in [4.78, 5) is 14.0. The standard InChI is InChI=1S/C16H16F3N3O2/c17-16(18,19)12-3-1-11(2-4-12)14-10-22(7-8-24-14)15(23)9-13-5-6-20-21-13/h1-6,14H,7-10H2,(H,20,21)/t14-/m1/s1. The SMILES string of the molecule is O=C(Cc1ccn[nH]1)N1CCO[C@@H](c2ccc(C(F)(F)F)cc2)C1. The lowest BCUT2D eigenvalue weighted by Crippen LogP contribution is -2.43. The van der Waals surface area contributed by atoms with Crippen LogP contribution in [-0.4, -0.2) is 40.7 Å². The Morgan fingerprint density at radius 2 is 2.04 bits per heavy atom. The van der Waals surface area contributed by atoms with Gasteiger partial charge in [-0.25, -0.2) is 0 Å². The first-order valence-corrected chi connectivity index (χ1v) is 7.48. The lowest BCUT2D eigenvalue weighted by molar-refractivity contribution is -0.138. The predicted octanol–water partition coefficient (Wildman–Crippen LogP) is 2.57. The van der Waals surface area contributed by atoms with Crippen LogP contribution in [0.5, 0.6) is 0 Å². The molecule has 1 amide bonds. The molecule has 1 aliphatic heterocycles. The van der Waals surface area contributed by atoms with Crippen LogP contribution in [0.1, 0.15) is 22.9 Å². The number of nitrogens with zero attached hydrogens (tertiary/aromatic N) is 2. The van der Waals surface area contributed by atoms with Crippen molar-refractivity contribution in [3.8, 4) is 0 Å². The van der Waals surface area contributed by atoms with Crippen LogP contribution in [-0.2, 0) is 22.1 Å². The van der Waals surface area contributed by atoms with Gasteiger partial charge in [-0.05, 0) is 23.8 Å². The van der Waals surface area contributed by atoms with Gasteiger partial charge in [-0.15, -0.1) is 0 Å². The van der Waals surface area contributed by atoms with E-state index < -0.39 is 17.8 Å². The maximum absolute atomic E-state index is 12.6. The maximum atomic E-state index is 12.6. The average Bonchev–Trinajstić information content (AvgIpc) is 3.07. The molecular formula is C16H16F3N3O2. The van der Waals surface area contributed by atoms with Crippen molar-refractivity contribution in [2.24, 2.45) is 0 Å². The highest BCUT2D eigenvalue weighted by atomic mass is 19.4. The quantitative estimate of drug-likeness (QED) is 0.935. The first-order valence-electron chi connectivity index (χ1n) is 7.48. The molecule has 1 aliphatic rings. The number of nitrogens with one attached hydrogen (secondary N) is 1. The Morgan fingerprint density at radius 3 is 2.67 bits per heavy atom. The minimum absolute atomic E-state index is 0.0699. The molecule has 1 atom stereocenters. The monoisotopic (exact) mass is 339 g/mol. The summed E-state index contributed by atoms with van der Waals surface area (Å²) < 4.78 is 43.5. The number of H-pyrrole nitrogens is 1. The van der Waals surface area contributed by atoms with E-state index >= 15 is 0 Å². The molecule has 128 valence electrons. The van der Waals surface area contributed by atoms with E-state index in [0.29, 0.717) is 25.3 Å². The van der Waals surface area contributed by atoms with Gasteiger partial charge in [0.15, 0.2) is 0 Å². The molecule has 2 aromatic rings. The second kappa shape index (κ2) is 6.64. The molecule has 1 aromatic heterocycles. The van der Waals surface area contributed by atoms with E-state index in [2.05, 4.69) is 10.2 Å². The molecule has 5 nitrogen and oxygen atoms in total. The van der Waals surface area contributed by atoms with Crippen LogP contribution in [0.15, 0.2) is 36.5 Å². The molecule has 1 N–H and O–H groups in total. The van der Waals surface area contributed by atoms with Crippen molar-refractivity contribution in [1.82, 2.24) is 15.1 Å². The third-order valence-electron chi connectivity index (χ3n) is 3.93. The van der Waals surface area contributed by atoms with Crippen LogP contribution in [0.3, 0.4) is 0 Å². The van der Waals surface area contributed by atoms with Crippen molar-refractivity contribution >= 4 is 5.91 Å². The number of benzene rings is 1. The molecule has 1 fully saturated rings. The molecule has 0 saturated carbocycles. The van der Waals surface area contributed by atoms with Gasteiger partial charge in [0, 0.05) is 18.4 Å². The van der Waals surface area contributed by atoms with E-state index in [1.165, 1.54) is 12.1 Å². The van der Waals surface area contributed by atoms with E-state index in [4.69, 9.17) is 4.74 Å². The molecule has 0 radical (unpaired) electrons. The van der Waals surface area contributed by atoms with Crippen LogP contribution in [0.4, 0.5) is 13.2 Å². The number of hydrogen-bond donors (Lipinski definition) is 1. The van der Waals surface area contributed by atoms with E-state index in [9.17, 15) is 18.0 Å². The zero-order valence-corrected chi connectivity index (χ0v) is 12.7. The van der Waals surface area contributed by atoms with Crippen LogP contribution in [0.25, 0.3) is 0 Å². The van der Waals surface area contributed by atoms with Crippen LogP contribution in [0, 0.1) is 0 Å². The van der Waals surface area contributed by atoms with E-state index in [-0.39, 0.29) is 12.3 Å². The first kappa shape index (κ1) is 16.5. The number of hydrogen-bond acceptors (Lipinski definition) is 3. The molecule has 3 rings (SSSR count). The fourth-order valence-corrected chi connectivity index (χ4v) is 2.62. The molecule has 24 heavy (non-hydrogen) atoms. The minimum atomic E-state index is -4.36. The Kier molecular flexibility index (Phi) is 4.57. The van der Waals surface area contributed by atoms with Gasteiger partial charge in [0.1, 0.15) is 6.10 Å². The van der Waals surface area contributed by atoms with Gasteiger partial charge in [0.2, 0.25) is 5.91 Å². The van der Waals surface area contributed by atoms with Gasteiger partial charge >= 0.3 is 6.18 Å². The number of carbonyl (C=O) groups is 1. The number of halogens is 3. The highest BCUT2D eigenvalue weighted by molar-refractivity contribution is 5.78. The topological polar surface area (TPSA) is 58.2 Å². The fourth-order valence-electron chi connectivity index (χ4n) is 2.62. The van der Waals surface area contributed by atoms with E-state index in [1.54, 1.807) is 17.2 Å². The van der Waals surface area contributed by atoms with Gasteiger partial charge in [-0.3, -0.25) is 9.89 Å². The molecule has 2 heterocycles. The smallest absolute Gasteiger partial charge is 0.370 e. The summed E-state index contributed by atoms with van der Waals surface area (Å²) in [6, 6.07) is 6.59. The largest absolute Gasteiger partial charge is 0.416 e. The van der Waals surface area contributed by atoms with Crippen molar-refractivity contribution < 1.29 is 22.7 Å². The molecule has 0 unspecified atom stereocenters. The number of amides is 1. The van der Waals surface area contributed by atoms with Crippen molar-refractivity contribution in [3.63, 3.8) is 0 Å². The fraction of sp³-hybridized carbons (Fsp3) is 0.375. The lowest BCUT2D eigenvalue weighted by Gasteiger charge is -2.33.